The third-order valence-electron chi connectivity index (χ3n) is 6.00. The zero-order chi connectivity index (χ0) is 26.7. The van der Waals surface area contributed by atoms with Crippen molar-refractivity contribution < 1.29 is 34.2 Å². The van der Waals surface area contributed by atoms with E-state index in [-0.39, 0.29) is 18.7 Å². The Hall–Kier alpha value is -3.52. The summed E-state index contributed by atoms with van der Waals surface area (Å²) in [6, 6.07) is -4.29. The van der Waals surface area contributed by atoms with Gasteiger partial charge in [-0.1, -0.05) is 6.42 Å². The first-order valence-corrected chi connectivity index (χ1v) is 11.9. The first-order valence-electron chi connectivity index (χ1n) is 11.9. The number of imidazole rings is 1. The topological polar surface area (TPSA) is 234 Å². The summed E-state index contributed by atoms with van der Waals surface area (Å²) >= 11 is 0. The predicted molar refractivity (Wildman–Crippen MR) is 126 cm³/mol. The molecule has 0 saturated carbocycles. The summed E-state index contributed by atoms with van der Waals surface area (Å²) in [5.74, 6) is -4.33. The average Bonchev–Trinajstić information content (AvgIpc) is 3.52. The van der Waals surface area contributed by atoms with E-state index in [4.69, 9.17) is 16.6 Å². The molecule has 4 atom stereocenters. The van der Waals surface area contributed by atoms with Gasteiger partial charge in [0.2, 0.25) is 17.7 Å². The molecule has 36 heavy (non-hydrogen) atoms. The number of hydrogen-bond acceptors (Lipinski definition) is 8. The van der Waals surface area contributed by atoms with Crippen LogP contribution in [-0.4, -0.2) is 92.0 Å². The van der Waals surface area contributed by atoms with Gasteiger partial charge in [-0.15, -0.1) is 0 Å². The van der Waals surface area contributed by atoms with Gasteiger partial charge in [0.1, 0.15) is 18.1 Å². The molecule has 1 aliphatic heterocycles. The number of unbranched alkanes of at least 4 members (excludes halogenated alkanes) is 1. The van der Waals surface area contributed by atoms with Crippen LogP contribution in [0.3, 0.4) is 0 Å². The molecule has 1 fully saturated rings. The molecule has 2 rings (SSSR count). The number of aromatic nitrogens is 2. The molecule has 9 N–H and O–H groups in total. The van der Waals surface area contributed by atoms with Crippen molar-refractivity contribution >= 4 is 29.7 Å². The van der Waals surface area contributed by atoms with Crippen molar-refractivity contribution in [3.05, 3.63) is 18.2 Å². The number of H-pyrrole nitrogens is 1. The van der Waals surface area contributed by atoms with E-state index in [1.807, 2.05) is 0 Å². The third kappa shape index (κ3) is 8.61. The maximum atomic E-state index is 13.1. The van der Waals surface area contributed by atoms with E-state index < -0.39 is 54.3 Å². The molecule has 0 aliphatic carbocycles. The number of carbonyl (C=O) groups is 5. The average molecular weight is 510 g/mol. The summed E-state index contributed by atoms with van der Waals surface area (Å²) in [6.07, 6.45) is 4.75. The molecule has 14 heteroatoms. The van der Waals surface area contributed by atoms with Crippen molar-refractivity contribution in [2.75, 3.05) is 13.1 Å². The number of carboxylic acid groups (broad SMARTS) is 2. The highest BCUT2D eigenvalue weighted by Gasteiger charge is 2.38. The lowest BCUT2D eigenvalue weighted by Gasteiger charge is -2.28. The second-order valence-corrected chi connectivity index (χ2v) is 8.75. The molecule has 4 unspecified atom stereocenters. The van der Waals surface area contributed by atoms with E-state index in [0.717, 1.165) is 6.42 Å². The minimum Gasteiger partial charge on any atom is -0.481 e. The molecule has 1 aliphatic rings. The Morgan fingerprint density at radius 2 is 1.89 bits per heavy atom. The number of rotatable bonds is 15. The largest absolute Gasteiger partial charge is 0.481 e. The van der Waals surface area contributed by atoms with Gasteiger partial charge in [-0.2, -0.15) is 0 Å². The molecular formula is C22H35N7O7. The van der Waals surface area contributed by atoms with Gasteiger partial charge in [0.05, 0.1) is 12.4 Å². The first-order chi connectivity index (χ1) is 17.1. The lowest BCUT2D eigenvalue weighted by atomic mass is 10.1. The van der Waals surface area contributed by atoms with Crippen LogP contribution in [0.1, 0.15) is 50.6 Å². The van der Waals surface area contributed by atoms with Crippen LogP contribution in [0.2, 0.25) is 0 Å². The number of nitrogens with two attached hydrogens (primary N) is 2. The van der Waals surface area contributed by atoms with Crippen LogP contribution in [0.25, 0.3) is 0 Å². The fourth-order valence-electron chi connectivity index (χ4n) is 4.04. The van der Waals surface area contributed by atoms with Crippen LogP contribution in [0.4, 0.5) is 0 Å². The van der Waals surface area contributed by atoms with Crippen LogP contribution in [-0.2, 0) is 30.4 Å². The second kappa shape index (κ2) is 14.1. The van der Waals surface area contributed by atoms with Crippen LogP contribution in [0, 0.1) is 0 Å². The Kier molecular flexibility index (Phi) is 11.3. The number of nitrogens with one attached hydrogen (secondary N) is 3. The monoisotopic (exact) mass is 509 g/mol. The Labute approximate surface area is 208 Å². The molecule has 0 bridgehead atoms. The molecule has 2 heterocycles. The third-order valence-corrected chi connectivity index (χ3v) is 6.00. The lowest BCUT2D eigenvalue weighted by Crippen LogP contribution is -2.56. The summed E-state index contributed by atoms with van der Waals surface area (Å²) in [4.78, 5) is 69.5. The van der Waals surface area contributed by atoms with E-state index in [1.54, 1.807) is 0 Å². The van der Waals surface area contributed by atoms with Gasteiger partial charge in [0.15, 0.2) is 0 Å². The van der Waals surface area contributed by atoms with Gasteiger partial charge < -0.3 is 42.2 Å². The van der Waals surface area contributed by atoms with Gasteiger partial charge in [-0.3, -0.25) is 19.2 Å². The molecule has 1 aromatic rings. The van der Waals surface area contributed by atoms with Gasteiger partial charge in [-0.25, -0.2) is 9.78 Å². The van der Waals surface area contributed by atoms with Gasteiger partial charge >= 0.3 is 11.9 Å². The second-order valence-electron chi connectivity index (χ2n) is 8.75. The standard InChI is InChI=1S/C22H35N7O7/c23-8-2-1-4-14(24)21(34)29-9-3-5-17(29)20(33)27-15(6-7-18(30)31)19(32)28-16(22(35)36)10-13-11-25-12-26-13/h11-12,14-17H,1-10,23-24H2,(H,25,26)(H,27,33)(H,28,32)(H,30,31)(H,35,36). The van der Waals surface area contributed by atoms with Crippen molar-refractivity contribution in [1.82, 2.24) is 25.5 Å². The van der Waals surface area contributed by atoms with E-state index >= 15 is 0 Å². The summed E-state index contributed by atoms with van der Waals surface area (Å²) in [7, 11) is 0. The first kappa shape index (κ1) is 28.7. The zero-order valence-electron chi connectivity index (χ0n) is 20.0. The molecule has 0 radical (unpaired) electrons. The number of carbonyl (C=O) groups excluding carboxylic acids is 3. The van der Waals surface area contributed by atoms with Crippen molar-refractivity contribution in [1.29, 1.82) is 0 Å². The van der Waals surface area contributed by atoms with Crippen molar-refractivity contribution in [2.45, 2.75) is 75.5 Å². The Morgan fingerprint density at radius 1 is 1.14 bits per heavy atom. The zero-order valence-corrected chi connectivity index (χ0v) is 20.0. The molecule has 3 amide bonds. The summed E-state index contributed by atoms with van der Waals surface area (Å²) in [6.45, 7) is 0.818. The van der Waals surface area contributed by atoms with Gasteiger partial charge in [0, 0.05) is 31.3 Å². The van der Waals surface area contributed by atoms with Crippen molar-refractivity contribution in [3.8, 4) is 0 Å². The molecule has 1 aromatic heterocycles. The van der Waals surface area contributed by atoms with Crippen LogP contribution < -0.4 is 22.1 Å². The molecule has 0 aromatic carbocycles. The van der Waals surface area contributed by atoms with Crippen LogP contribution >= 0.6 is 0 Å². The highest BCUT2D eigenvalue weighted by atomic mass is 16.4. The number of amides is 3. The SMILES string of the molecule is NCCCCC(N)C(=O)N1CCCC1C(=O)NC(CCC(=O)O)C(=O)NC(Cc1cnc[nH]1)C(=O)O. The summed E-state index contributed by atoms with van der Waals surface area (Å²) < 4.78 is 0. The van der Waals surface area contributed by atoms with E-state index in [2.05, 4.69) is 20.6 Å². The van der Waals surface area contributed by atoms with E-state index in [0.29, 0.717) is 44.5 Å². The Balaban J connectivity index is 2.07. The number of likely N-dealkylation sites (tertiary alicyclic amines) is 1. The number of carboxylic acids is 2. The maximum absolute atomic E-state index is 13.1. The minimum absolute atomic E-state index is 0.0897. The smallest absolute Gasteiger partial charge is 0.326 e. The van der Waals surface area contributed by atoms with Gasteiger partial charge in [0.25, 0.3) is 0 Å². The highest BCUT2D eigenvalue weighted by Crippen LogP contribution is 2.20. The summed E-state index contributed by atoms with van der Waals surface area (Å²) in [5, 5.41) is 23.4. The number of nitrogens with zero attached hydrogens (tertiary/aromatic N) is 2. The maximum Gasteiger partial charge on any atom is 0.326 e. The van der Waals surface area contributed by atoms with E-state index in [9.17, 15) is 29.1 Å². The molecular weight excluding hydrogens is 474 g/mol. The number of hydrogen-bond donors (Lipinski definition) is 7. The number of aromatic amines is 1. The fraction of sp³-hybridized carbons (Fsp3) is 0.636. The fourth-order valence-corrected chi connectivity index (χ4v) is 4.04. The molecule has 200 valence electrons. The minimum atomic E-state index is -1.33. The highest BCUT2D eigenvalue weighted by molar-refractivity contribution is 5.94. The molecule has 0 spiro atoms. The van der Waals surface area contributed by atoms with Crippen molar-refractivity contribution in [2.24, 2.45) is 11.5 Å². The van der Waals surface area contributed by atoms with Crippen LogP contribution in [0.5, 0.6) is 0 Å². The van der Waals surface area contributed by atoms with E-state index in [1.165, 1.54) is 17.4 Å². The molecule has 14 nitrogen and oxygen atoms in total. The predicted octanol–water partition coefficient (Wildman–Crippen LogP) is -1.68. The molecule has 1 saturated heterocycles. The Morgan fingerprint density at radius 3 is 2.50 bits per heavy atom. The summed E-state index contributed by atoms with van der Waals surface area (Å²) in [5.41, 5.74) is 12.0. The lowest BCUT2D eigenvalue weighted by molar-refractivity contribution is -0.143. The quantitative estimate of drug-likeness (QED) is 0.133. The number of aliphatic carboxylic acids is 2. The normalized spacial score (nSPS) is 17.7. The van der Waals surface area contributed by atoms with Gasteiger partial charge in [-0.05, 0) is 38.6 Å². The van der Waals surface area contributed by atoms with Crippen molar-refractivity contribution in [3.63, 3.8) is 0 Å². The Bertz CT molecular complexity index is 909. The van der Waals surface area contributed by atoms with Crippen LogP contribution in [0.15, 0.2) is 12.5 Å².